The second-order valence-electron chi connectivity index (χ2n) is 5.13. The molecule has 2 aromatic heterocycles. The Hall–Kier alpha value is -1.99. The van der Waals surface area contributed by atoms with E-state index in [0.717, 1.165) is 20.9 Å². The van der Waals surface area contributed by atoms with Gasteiger partial charge in [0.2, 0.25) is 5.91 Å². The molecule has 0 saturated carbocycles. The maximum absolute atomic E-state index is 12.4. The first-order valence-electron chi connectivity index (χ1n) is 7.16. The molecule has 0 spiro atoms. The van der Waals surface area contributed by atoms with E-state index < -0.39 is 0 Å². The first-order valence-corrected chi connectivity index (χ1v) is 8.86. The number of anilines is 1. The Labute approximate surface area is 142 Å². The number of carbonyl (C=O) groups is 1. The van der Waals surface area contributed by atoms with Gasteiger partial charge in [0, 0.05) is 5.69 Å². The molecule has 0 fully saturated rings. The third-order valence-corrected chi connectivity index (χ3v) is 5.10. The monoisotopic (exact) mass is 344 g/mol. The van der Waals surface area contributed by atoms with Gasteiger partial charge in [-0.15, -0.1) is 0 Å². The average Bonchev–Trinajstić information content (AvgIpc) is 2.88. The number of hydrogen-bond acceptors (Lipinski definition) is 6. The summed E-state index contributed by atoms with van der Waals surface area (Å²) in [5.41, 5.74) is 1.80. The van der Waals surface area contributed by atoms with Gasteiger partial charge in [-0.1, -0.05) is 35.2 Å². The summed E-state index contributed by atoms with van der Waals surface area (Å²) < 4.78 is 1.06. The van der Waals surface area contributed by atoms with Crippen LogP contribution in [0.1, 0.15) is 18.4 Å². The molecule has 7 heteroatoms. The Morgan fingerprint density at radius 2 is 2.00 bits per heavy atom. The summed E-state index contributed by atoms with van der Waals surface area (Å²) in [7, 11) is 0. The van der Waals surface area contributed by atoms with E-state index in [4.69, 9.17) is 0 Å². The summed E-state index contributed by atoms with van der Waals surface area (Å²) in [5, 5.41) is 4.05. The fourth-order valence-corrected chi connectivity index (χ4v) is 3.93. The molecule has 23 heavy (non-hydrogen) atoms. The van der Waals surface area contributed by atoms with Crippen molar-refractivity contribution in [2.24, 2.45) is 0 Å². The van der Waals surface area contributed by atoms with Crippen LogP contribution < -0.4 is 5.32 Å². The fourth-order valence-electron chi connectivity index (χ4n) is 2.11. The maximum Gasteiger partial charge on any atom is 0.239 e. The Kier molecular flexibility index (Phi) is 4.58. The quantitative estimate of drug-likeness (QED) is 0.575. The van der Waals surface area contributed by atoms with Gasteiger partial charge >= 0.3 is 0 Å². The first-order chi connectivity index (χ1) is 11.0. The van der Waals surface area contributed by atoms with Crippen LogP contribution in [0, 0.1) is 13.8 Å². The number of fused-ring (bicyclic) bond motifs is 1. The summed E-state index contributed by atoms with van der Waals surface area (Å²) in [5.74, 6) is 0.634. The second-order valence-corrected chi connectivity index (χ2v) is 7.52. The van der Waals surface area contributed by atoms with Crippen LogP contribution >= 0.6 is 23.1 Å². The van der Waals surface area contributed by atoms with E-state index in [2.05, 4.69) is 20.3 Å². The van der Waals surface area contributed by atoms with Gasteiger partial charge in [0.15, 0.2) is 5.13 Å². The zero-order valence-corrected chi connectivity index (χ0v) is 14.7. The van der Waals surface area contributed by atoms with Gasteiger partial charge in [-0.3, -0.25) is 4.79 Å². The van der Waals surface area contributed by atoms with Crippen molar-refractivity contribution in [1.82, 2.24) is 15.0 Å². The van der Waals surface area contributed by atoms with Crippen molar-refractivity contribution in [2.75, 3.05) is 5.32 Å². The average molecular weight is 344 g/mol. The zero-order chi connectivity index (χ0) is 16.4. The maximum atomic E-state index is 12.4. The smallest absolute Gasteiger partial charge is 0.239 e. The predicted octanol–water partition coefficient (Wildman–Crippen LogP) is 3.82. The molecule has 1 amide bonds. The lowest BCUT2D eigenvalue weighted by atomic mass is 10.3. The van der Waals surface area contributed by atoms with Crippen molar-refractivity contribution in [2.45, 2.75) is 31.0 Å². The van der Waals surface area contributed by atoms with Crippen LogP contribution in [0.4, 0.5) is 5.13 Å². The number of thioether (sulfide) groups is 1. The molecule has 0 aliphatic rings. The third-order valence-electron chi connectivity index (χ3n) is 3.13. The molecule has 1 aromatic carbocycles. The van der Waals surface area contributed by atoms with Gasteiger partial charge in [-0.05, 0) is 39.0 Å². The lowest BCUT2D eigenvalue weighted by Crippen LogP contribution is -2.22. The Balaban J connectivity index is 1.69. The lowest BCUT2D eigenvalue weighted by Gasteiger charge is -2.10. The largest absolute Gasteiger partial charge is 0.301 e. The number of para-hydroxylation sites is 1. The van der Waals surface area contributed by atoms with Crippen LogP contribution in [0.5, 0.6) is 0 Å². The van der Waals surface area contributed by atoms with Gasteiger partial charge in [0.05, 0.1) is 15.5 Å². The number of nitrogens with zero attached hydrogens (tertiary/aromatic N) is 3. The van der Waals surface area contributed by atoms with Gasteiger partial charge < -0.3 is 5.32 Å². The number of benzene rings is 1. The topological polar surface area (TPSA) is 67.8 Å². The summed E-state index contributed by atoms with van der Waals surface area (Å²) in [6, 6.07) is 9.72. The highest BCUT2D eigenvalue weighted by Crippen LogP contribution is 2.27. The molecule has 0 radical (unpaired) electrons. The first kappa shape index (κ1) is 15.9. The predicted molar refractivity (Wildman–Crippen MR) is 95.1 cm³/mol. The van der Waals surface area contributed by atoms with E-state index in [0.29, 0.717) is 11.0 Å². The molecule has 3 aromatic rings. The molecule has 0 aliphatic carbocycles. The highest BCUT2D eigenvalue weighted by Gasteiger charge is 2.17. The van der Waals surface area contributed by atoms with Crippen molar-refractivity contribution < 1.29 is 4.79 Å². The van der Waals surface area contributed by atoms with E-state index >= 15 is 0 Å². The molecule has 1 N–H and O–H groups in total. The second kappa shape index (κ2) is 6.64. The molecule has 1 atom stereocenters. The van der Waals surface area contributed by atoms with Crippen molar-refractivity contribution in [3.63, 3.8) is 0 Å². The van der Waals surface area contributed by atoms with Crippen LogP contribution in [0.15, 0.2) is 35.4 Å². The molecular formula is C16H16N4OS2. The number of aryl methyl sites for hydroxylation is 2. The highest BCUT2D eigenvalue weighted by atomic mass is 32.2. The number of aromatic nitrogens is 3. The number of carbonyl (C=O) groups excluding carboxylic acids is 1. The molecular weight excluding hydrogens is 328 g/mol. The van der Waals surface area contributed by atoms with Gasteiger partial charge in [-0.25, -0.2) is 15.0 Å². The van der Waals surface area contributed by atoms with Crippen molar-refractivity contribution in [3.05, 3.63) is 41.9 Å². The van der Waals surface area contributed by atoms with Crippen LogP contribution in [0.3, 0.4) is 0 Å². The molecule has 0 aliphatic heterocycles. The molecule has 5 nitrogen and oxygen atoms in total. The van der Waals surface area contributed by atoms with Gasteiger partial charge in [-0.2, -0.15) is 0 Å². The Morgan fingerprint density at radius 1 is 1.22 bits per heavy atom. The van der Waals surface area contributed by atoms with E-state index in [1.54, 1.807) is 0 Å². The van der Waals surface area contributed by atoms with Crippen LogP contribution in [-0.2, 0) is 4.79 Å². The summed E-state index contributed by atoms with van der Waals surface area (Å²) >= 11 is 2.90. The minimum atomic E-state index is -0.268. The third kappa shape index (κ3) is 3.86. The number of rotatable bonds is 4. The van der Waals surface area contributed by atoms with Crippen molar-refractivity contribution >= 4 is 44.4 Å². The number of hydrogen-bond donors (Lipinski definition) is 1. The normalized spacial score (nSPS) is 12.3. The molecule has 0 saturated heterocycles. The molecule has 2 heterocycles. The fraction of sp³-hybridized carbons (Fsp3) is 0.250. The van der Waals surface area contributed by atoms with Crippen LogP contribution in [-0.4, -0.2) is 26.1 Å². The van der Waals surface area contributed by atoms with E-state index in [9.17, 15) is 4.79 Å². The van der Waals surface area contributed by atoms with Crippen LogP contribution in [0.25, 0.3) is 10.2 Å². The molecule has 118 valence electrons. The molecule has 0 bridgehead atoms. The summed E-state index contributed by atoms with van der Waals surface area (Å²) in [6.07, 6.45) is 0. The number of amides is 1. The lowest BCUT2D eigenvalue weighted by molar-refractivity contribution is -0.115. The Bertz CT molecular complexity index is 809. The standard InChI is InChI=1S/C16H16N4OS2/c1-9-8-14(18-11(3)17-9)22-10(2)15(21)20-16-19-12-6-4-5-7-13(12)23-16/h4-8,10H,1-3H3,(H,19,20,21). The SMILES string of the molecule is Cc1cc(SC(C)C(=O)Nc2nc3ccccc3s2)nc(C)n1. The highest BCUT2D eigenvalue weighted by molar-refractivity contribution is 8.00. The summed E-state index contributed by atoms with van der Waals surface area (Å²) in [6.45, 7) is 5.63. The van der Waals surface area contributed by atoms with Gasteiger partial charge in [0.1, 0.15) is 10.9 Å². The van der Waals surface area contributed by atoms with Crippen molar-refractivity contribution in [1.29, 1.82) is 0 Å². The van der Waals surface area contributed by atoms with E-state index in [1.807, 2.05) is 51.1 Å². The van der Waals surface area contributed by atoms with E-state index in [1.165, 1.54) is 23.1 Å². The zero-order valence-electron chi connectivity index (χ0n) is 13.0. The van der Waals surface area contributed by atoms with Crippen LogP contribution in [0.2, 0.25) is 0 Å². The number of nitrogens with one attached hydrogen (secondary N) is 1. The molecule has 3 rings (SSSR count). The number of thiazole rings is 1. The minimum absolute atomic E-state index is 0.0806. The van der Waals surface area contributed by atoms with E-state index in [-0.39, 0.29) is 11.2 Å². The molecule has 1 unspecified atom stereocenters. The Morgan fingerprint density at radius 3 is 2.74 bits per heavy atom. The van der Waals surface area contributed by atoms with Gasteiger partial charge in [0.25, 0.3) is 0 Å². The summed E-state index contributed by atoms with van der Waals surface area (Å²) in [4.78, 5) is 25.4. The minimum Gasteiger partial charge on any atom is -0.301 e. The van der Waals surface area contributed by atoms with Crippen molar-refractivity contribution in [3.8, 4) is 0 Å².